The first-order valence-electron chi connectivity index (χ1n) is 5.50. The highest BCUT2D eigenvalue weighted by Crippen LogP contribution is 2.29. The molecule has 0 spiro atoms. The molecule has 1 N–H and O–H groups in total. The normalized spacial score (nSPS) is 13.4. The lowest BCUT2D eigenvalue weighted by Crippen LogP contribution is -2.14. The van der Waals surface area contributed by atoms with Gasteiger partial charge in [0.25, 0.3) is 0 Å². The summed E-state index contributed by atoms with van der Waals surface area (Å²) >= 11 is 3.29. The van der Waals surface area contributed by atoms with Crippen LogP contribution in [0.2, 0.25) is 0 Å². The van der Waals surface area contributed by atoms with E-state index >= 15 is 0 Å². The van der Waals surface area contributed by atoms with Gasteiger partial charge in [-0.3, -0.25) is 0 Å². The van der Waals surface area contributed by atoms with Crippen molar-refractivity contribution in [3.05, 3.63) is 28.2 Å². The van der Waals surface area contributed by atoms with Crippen molar-refractivity contribution in [3.63, 3.8) is 0 Å². The molecule has 0 aliphatic rings. The molecule has 6 heteroatoms. The van der Waals surface area contributed by atoms with Crippen molar-refractivity contribution in [1.29, 1.82) is 0 Å². The predicted octanol–water partition coefficient (Wildman–Crippen LogP) is 4.06. The Kier molecular flexibility index (Phi) is 5.47. The highest BCUT2D eigenvalue weighted by atomic mass is 79.9. The van der Waals surface area contributed by atoms with Crippen LogP contribution in [-0.4, -0.2) is 19.8 Å². The Hall–Kier alpha value is -0.750. The van der Waals surface area contributed by atoms with E-state index in [9.17, 15) is 13.2 Å². The van der Waals surface area contributed by atoms with Gasteiger partial charge in [0.1, 0.15) is 5.75 Å². The van der Waals surface area contributed by atoms with Gasteiger partial charge in [0.2, 0.25) is 0 Å². The van der Waals surface area contributed by atoms with Crippen molar-refractivity contribution < 1.29 is 17.9 Å². The van der Waals surface area contributed by atoms with Gasteiger partial charge in [0.05, 0.1) is 17.5 Å². The second-order valence-corrected chi connectivity index (χ2v) is 4.77. The first-order valence-corrected chi connectivity index (χ1v) is 6.29. The Bertz CT molecular complexity index is 395. The summed E-state index contributed by atoms with van der Waals surface area (Å²) in [6.45, 7) is 1.62. The number of nitrogens with one attached hydrogen (secondary N) is 1. The third kappa shape index (κ3) is 4.86. The van der Waals surface area contributed by atoms with Crippen LogP contribution in [0, 0.1) is 0 Å². The molecule has 0 aliphatic heterocycles. The van der Waals surface area contributed by atoms with Crippen molar-refractivity contribution in [1.82, 2.24) is 5.32 Å². The van der Waals surface area contributed by atoms with Crippen LogP contribution in [0.15, 0.2) is 22.7 Å². The number of halogens is 4. The van der Waals surface area contributed by atoms with Gasteiger partial charge in [-0.25, -0.2) is 0 Å². The number of rotatable bonds is 5. The molecule has 1 unspecified atom stereocenters. The Balaban J connectivity index is 2.63. The summed E-state index contributed by atoms with van der Waals surface area (Å²) < 4.78 is 41.7. The Morgan fingerprint density at radius 1 is 1.39 bits per heavy atom. The summed E-state index contributed by atoms with van der Waals surface area (Å²) in [7, 11) is 1.84. The zero-order valence-corrected chi connectivity index (χ0v) is 11.7. The topological polar surface area (TPSA) is 21.3 Å². The average Bonchev–Trinajstić information content (AvgIpc) is 2.28. The van der Waals surface area contributed by atoms with Crippen LogP contribution in [0.1, 0.15) is 24.9 Å². The summed E-state index contributed by atoms with van der Waals surface area (Å²) in [4.78, 5) is 0. The predicted molar refractivity (Wildman–Crippen MR) is 67.8 cm³/mol. The van der Waals surface area contributed by atoms with Crippen molar-refractivity contribution in [2.24, 2.45) is 0 Å². The minimum atomic E-state index is -4.19. The van der Waals surface area contributed by atoms with E-state index in [1.165, 1.54) is 0 Å². The lowest BCUT2D eigenvalue weighted by Gasteiger charge is -2.14. The molecular formula is C12H15BrF3NO. The van der Waals surface area contributed by atoms with Crippen LogP contribution in [0.4, 0.5) is 13.2 Å². The molecule has 1 atom stereocenters. The van der Waals surface area contributed by atoms with Gasteiger partial charge < -0.3 is 10.1 Å². The van der Waals surface area contributed by atoms with Crippen LogP contribution >= 0.6 is 15.9 Å². The van der Waals surface area contributed by atoms with E-state index in [-0.39, 0.29) is 12.6 Å². The number of benzene rings is 1. The van der Waals surface area contributed by atoms with Gasteiger partial charge >= 0.3 is 6.18 Å². The maximum absolute atomic E-state index is 12.0. The molecule has 1 aromatic rings. The molecule has 0 fully saturated rings. The average molecular weight is 326 g/mol. The number of hydrogen-bond acceptors (Lipinski definition) is 2. The van der Waals surface area contributed by atoms with E-state index in [0.29, 0.717) is 10.2 Å². The highest BCUT2D eigenvalue weighted by molar-refractivity contribution is 9.10. The van der Waals surface area contributed by atoms with Crippen molar-refractivity contribution in [2.75, 3.05) is 13.7 Å². The zero-order valence-electron chi connectivity index (χ0n) is 10.1. The number of alkyl halides is 3. The smallest absolute Gasteiger partial charge is 0.392 e. The van der Waals surface area contributed by atoms with Gasteiger partial charge in [-0.1, -0.05) is 6.07 Å². The first-order chi connectivity index (χ1) is 8.33. The van der Waals surface area contributed by atoms with Gasteiger partial charge in [0, 0.05) is 6.04 Å². The maximum Gasteiger partial charge on any atom is 0.392 e. The van der Waals surface area contributed by atoms with Gasteiger partial charge in [0.15, 0.2) is 0 Å². The molecule has 18 heavy (non-hydrogen) atoms. The van der Waals surface area contributed by atoms with E-state index < -0.39 is 12.6 Å². The molecule has 2 nitrogen and oxygen atoms in total. The van der Waals surface area contributed by atoms with Crippen molar-refractivity contribution >= 4 is 15.9 Å². The van der Waals surface area contributed by atoms with Gasteiger partial charge in [-0.2, -0.15) is 13.2 Å². The zero-order chi connectivity index (χ0) is 13.8. The largest absolute Gasteiger partial charge is 0.492 e. The third-order valence-corrected chi connectivity index (χ3v) is 3.15. The number of ether oxygens (including phenoxy) is 1. The lowest BCUT2D eigenvalue weighted by atomic mass is 10.1. The lowest BCUT2D eigenvalue weighted by molar-refractivity contribution is -0.139. The molecule has 102 valence electrons. The third-order valence-electron chi connectivity index (χ3n) is 2.53. The Morgan fingerprint density at radius 3 is 2.56 bits per heavy atom. The molecular weight excluding hydrogens is 311 g/mol. The Labute approximate surface area is 113 Å². The summed E-state index contributed by atoms with van der Waals surface area (Å²) in [5.41, 5.74) is 1.03. The van der Waals surface area contributed by atoms with Crippen LogP contribution in [0.25, 0.3) is 0 Å². The molecule has 1 rings (SSSR count). The van der Waals surface area contributed by atoms with Gasteiger partial charge in [-0.15, -0.1) is 0 Å². The van der Waals surface area contributed by atoms with Crippen molar-refractivity contribution in [2.45, 2.75) is 25.6 Å². The van der Waals surface area contributed by atoms with Gasteiger partial charge in [-0.05, 0) is 47.6 Å². The Morgan fingerprint density at radius 2 is 2.06 bits per heavy atom. The van der Waals surface area contributed by atoms with E-state index in [0.717, 1.165) is 5.56 Å². The van der Waals surface area contributed by atoms with E-state index in [2.05, 4.69) is 21.2 Å². The van der Waals surface area contributed by atoms with E-state index in [4.69, 9.17) is 4.74 Å². The fourth-order valence-electron chi connectivity index (χ4n) is 1.35. The highest BCUT2D eigenvalue weighted by Gasteiger charge is 2.26. The molecule has 0 saturated carbocycles. The van der Waals surface area contributed by atoms with Crippen LogP contribution < -0.4 is 10.1 Å². The SMILES string of the molecule is CNC(C)c1ccc(OCCC(F)(F)F)c(Br)c1. The minimum absolute atomic E-state index is 0.172. The second kappa shape index (κ2) is 6.43. The standard InChI is InChI=1S/C12H15BrF3NO/c1-8(17-2)9-3-4-11(10(13)7-9)18-6-5-12(14,15)16/h3-4,7-8,17H,5-6H2,1-2H3. The summed E-state index contributed by atoms with van der Waals surface area (Å²) in [5, 5.41) is 3.08. The van der Waals surface area contributed by atoms with E-state index in [1.54, 1.807) is 6.07 Å². The summed E-state index contributed by atoms with van der Waals surface area (Å²) in [5.74, 6) is 0.423. The molecule has 0 amide bonds. The molecule has 0 heterocycles. The quantitative estimate of drug-likeness (QED) is 0.881. The molecule has 0 aliphatic carbocycles. The fraction of sp³-hybridized carbons (Fsp3) is 0.500. The molecule has 0 radical (unpaired) electrons. The van der Waals surface area contributed by atoms with Crippen LogP contribution in [0.5, 0.6) is 5.75 Å². The van der Waals surface area contributed by atoms with Crippen molar-refractivity contribution in [3.8, 4) is 5.75 Å². The van der Waals surface area contributed by atoms with Crippen LogP contribution in [0.3, 0.4) is 0 Å². The first kappa shape index (κ1) is 15.3. The summed E-state index contributed by atoms with van der Waals surface area (Å²) in [6.07, 6.45) is -5.14. The number of hydrogen-bond donors (Lipinski definition) is 1. The minimum Gasteiger partial charge on any atom is -0.492 e. The molecule has 1 aromatic carbocycles. The molecule has 0 aromatic heterocycles. The second-order valence-electron chi connectivity index (χ2n) is 3.91. The maximum atomic E-state index is 12.0. The monoisotopic (exact) mass is 325 g/mol. The molecule has 0 saturated heterocycles. The summed E-state index contributed by atoms with van der Waals surface area (Å²) in [6, 6.07) is 5.51. The van der Waals surface area contributed by atoms with Crippen LogP contribution in [-0.2, 0) is 0 Å². The fourth-order valence-corrected chi connectivity index (χ4v) is 1.86. The molecule has 0 bridgehead atoms. The van der Waals surface area contributed by atoms with E-state index in [1.807, 2.05) is 26.1 Å².